The van der Waals surface area contributed by atoms with Gasteiger partial charge in [0.15, 0.2) is 0 Å². The van der Waals surface area contributed by atoms with Crippen LogP contribution in [0, 0.1) is 0 Å². The summed E-state index contributed by atoms with van der Waals surface area (Å²) in [6, 6.07) is 11.8. The molecule has 18 heavy (non-hydrogen) atoms. The molecule has 2 heteroatoms. The fourth-order valence-electron chi connectivity index (χ4n) is 3.54. The van der Waals surface area contributed by atoms with Crippen molar-refractivity contribution in [3.05, 3.63) is 59.7 Å². The second kappa shape index (κ2) is 3.02. The number of rotatable bonds is 0. The zero-order chi connectivity index (χ0) is 12.4. The molecule has 0 aliphatic heterocycles. The van der Waals surface area contributed by atoms with Crippen LogP contribution < -0.4 is 0 Å². The van der Waals surface area contributed by atoms with Crippen LogP contribution in [0.4, 0.5) is 0 Å². The van der Waals surface area contributed by atoms with Gasteiger partial charge in [-0.3, -0.25) is 0 Å². The highest BCUT2D eigenvalue weighted by Gasteiger charge is 2.57. The molecule has 0 spiro atoms. The van der Waals surface area contributed by atoms with Crippen LogP contribution in [-0.4, -0.2) is 10.2 Å². The largest absolute Gasteiger partial charge is 0.381 e. The van der Waals surface area contributed by atoms with Gasteiger partial charge in [0.1, 0.15) is 11.2 Å². The van der Waals surface area contributed by atoms with Crippen molar-refractivity contribution in [3.8, 4) is 0 Å². The van der Waals surface area contributed by atoms with E-state index < -0.39 is 11.2 Å². The Morgan fingerprint density at radius 2 is 1.28 bits per heavy atom. The molecule has 2 nitrogen and oxygen atoms in total. The van der Waals surface area contributed by atoms with Gasteiger partial charge in [-0.1, -0.05) is 48.6 Å². The van der Waals surface area contributed by atoms with Gasteiger partial charge in [-0.05, 0) is 21.9 Å². The Morgan fingerprint density at radius 1 is 0.778 bits per heavy atom. The minimum absolute atomic E-state index is 0.470. The van der Waals surface area contributed by atoms with E-state index in [0.29, 0.717) is 12.8 Å². The van der Waals surface area contributed by atoms with Gasteiger partial charge in [0, 0.05) is 12.8 Å². The molecule has 4 rings (SSSR count). The van der Waals surface area contributed by atoms with Gasteiger partial charge in [-0.15, -0.1) is 0 Å². The maximum atomic E-state index is 11.0. The van der Waals surface area contributed by atoms with E-state index >= 15 is 0 Å². The first-order valence-electron chi connectivity index (χ1n) is 6.29. The van der Waals surface area contributed by atoms with E-state index in [0.717, 1.165) is 21.9 Å². The van der Waals surface area contributed by atoms with E-state index in [1.807, 2.05) is 48.6 Å². The Balaban J connectivity index is 2.19. The highest BCUT2D eigenvalue weighted by molar-refractivity contribution is 5.93. The average molecular weight is 238 g/mol. The topological polar surface area (TPSA) is 40.5 Å². The molecule has 2 aromatic rings. The van der Waals surface area contributed by atoms with Crippen LogP contribution in [0.1, 0.15) is 24.0 Å². The molecular weight excluding hydrogens is 224 g/mol. The molecule has 0 radical (unpaired) electrons. The summed E-state index contributed by atoms with van der Waals surface area (Å²) in [4.78, 5) is 0. The first kappa shape index (κ1) is 10.3. The molecule has 2 aliphatic rings. The van der Waals surface area contributed by atoms with Crippen molar-refractivity contribution < 1.29 is 10.2 Å². The van der Waals surface area contributed by atoms with E-state index in [9.17, 15) is 10.2 Å². The highest BCUT2D eigenvalue weighted by atomic mass is 16.4. The maximum absolute atomic E-state index is 11.0. The molecule has 2 atom stereocenters. The summed E-state index contributed by atoms with van der Waals surface area (Å²) in [6.45, 7) is 0. The van der Waals surface area contributed by atoms with Gasteiger partial charge < -0.3 is 10.2 Å². The molecule has 0 amide bonds. The molecule has 0 unspecified atom stereocenters. The number of hydrogen-bond acceptors (Lipinski definition) is 2. The van der Waals surface area contributed by atoms with Gasteiger partial charge in [0.05, 0.1) is 0 Å². The molecule has 0 saturated heterocycles. The minimum atomic E-state index is -1.18. The summed E-state index contributed by atoms with van der Waals surface area (Å²) in [6.07, 6.45) is 4.85. The first-order valence-corrected chi connectivity index (χ1v) is 6.29. The molecule has 0 fully saturated rings. The summed E-state index contributed by atoms with van der Waals surface area (Å²) in [5.74, 6) is 0. The van der Waals surface area contributed by atoms with Gasteiger partial charge in [0.2, 0.25) is 0 Å². The summed E-state index contributed by atoms with van der Waals surface area (Å²) in [5.41, 5.74) is -0.625. The van der Waals surface area contributed by atoms with Crippen LogP contribution in [0.15, 0.2) is 48.6 Å². The normalized spacial score (nSPS) is 32.8. The fraction of sp³-hybridized carbons (Fsp3) is 0.250. The van der Waals surface area contributed by atoms with Gasteiger partial charge in [0.25, 0.3) is 0 Å². The fourth-order valence-corrected chi connectivity index (χ4v) is 3.54. The van der Waals surface area contributed by atoms with E-state index in [4.69, 9.17) is 0 Å². The van der Waals surface area contributed by atoms with Crippen LogP contribution in [-0.2, 0) is 11.2 Å². The number of benzene rings is 2. The van der Waals surface area contributed by atoms with Crippen molar-refractivity contribution in [1.82, 2.24) is 0 Å². The van der Waals surface area contributed by atoms with E-state index in [2.05, 4.69) is 0 Å². The monoisotopic (exact) mass is 238 g/mol. The minimum Gasteiger partial charge on any atom is -0.381 e. The molecule has 2 N–H and O–H groups in total. The quantitative estimate of drug-likeness (QED) is 0.692. The van der Waals surface area contributed by atoms with Crippen molar-refractivity contribution >= 4 is 10.8 Å². The third kappa shape index (κ3) is 0.935. The zero-order valence-corrected chi connectivity index (χ0v) is 9.93. The summed E-state index contributed by atoms with van der Waals surface area (Å²) in [5, 5.41) is 24.1. The van der Waals surface area contributed by atoms with E-state index in [1.54, 1.807) is 0 Å². The smallest absolute Gasteiger partial charge is 0.127 e. The molecule has 0 aromatic heterocycles. The molecule has 90 valence electrons. The SMILES string of the molecule is O[C@@]12CC=CC[C@]1(O)c1cccc3cccc2c13. The van der Waals surface area contributed by atoms with Crippen LogP contribution >= 0.6 is 0 Å². The predicted octanol–water partition coefficient (Wildman–Crippen LogP) is 2.58. The van der Waals surface area contributed by atoms with Crippen molar-refractivity contribution in [2.75, 3.05) is 0 Å². The Kier molecular flexibility index (Phi) is 1.73. The third-order valence-electron chi connectivity index (χ3n) is 4.47. The number of fused-ring (bicyclic) bond motifs is 3. The Hall–Kier alpha value is -1.64. The van der Waals surface area contributed by atoms with Crippen molar-refractivity contribution in [1.29, 1.82) is 0 Å². The van der Waals surface area contributed by atoms with Crippen LogP contribution in [0.3, 0.4) is 0 Å². The zero-order valence-electron chi connectivity index (χ0n) is 9.93. The average Bonchev–Trinajstić information content (AvgIpc) is 2.60. The van der Waals surface area contributed by atoms with Crippen molar-refractivity contribution in [2.45, 2.75) is 24.0 Å². The van der Waals surface area contributed by atoms with Gasteiger partial charge in [-0.25, -0.2) is 0 Å². The highest BCUT2D eigenvalue weighted by Crippen LogP contribution is 2.56. The lowest BCUT2D eigenvalue weighted by atomic mass is 9.73. The molecule has 0 heterocycles. The predicted molar refractivity (Wildman–Crippen MR) is 70.1 cm³/mol. The number of hydrogen-bond donors (Lipinski definition) is 2. The van der Waals surface area contributed by atoms with Crippen molar-refractivity contribution in [3.63, 3.8) is 0 Å². The summed E-state index contributed by atoms with van der Waals surface area (Å²) < 4.78 is 0. The lowest BCUT2D eigenvalue weighted by molar-refractivity contribution is -0.158. The second-order valence-electron chi connectivity index (χ2n) is 5.31. The maximum Gasteiger partial charge on any atom is 0.127 e. The molecule has 0 bridgehead atoms. The molecular formula is C16H14O2. The molecule has 2 aliphatic carbocycles. The van der Waals surface area contributed by atoms with Crippen LogP contribution in [0.5, 0.6) is 0 Å². The lowest BCUT2D eigenvalue weighted by Crippen LogP contribution is -2.46. The Morgan fingerprint density at radius 3 is 1.78 bits per heavy atom. The Labute approximate surface area is 105 Å². The third-order valence-corrected chi connectivity index (χ3v) is 4.47. The van der Waals surface area contributed by atoms with E-state index in [-0.39, 0.29) is 0 Å². The van der Waals surface area contributed by atoms with Gasteiger partial charge in [-0.2, -0.15) is 0 Å². The second-order valence-corrected chi connectivity index (χ2v) is 5.31. The molecule has 2 aromatic carbocycles. The van der Waals surface area contributed by atoms with E-state index in [1.165, 1.54) is 0 Å². The van der Waals surface area contributed by atoms with Gasteiger partial charge >= 0.3 is 0 Å². The van der Waals surface area contributed by atoms with Crippen LogP contribution in [0.25, 0.3) is 10.8 Å². The van der Waals surface area contributed by atoms with Crippen molar-refractivity contribution in [2.24, 2.45) is 0 Å². The van der Waals surface area contributed by atoms with Crippen LogP contribution in [0.2, 0.25) is 0 Å². The molecule has 0 saturated carbocycles. The summed E-state index contributed by atoms with van der Waals surface area (Å²) >= 11 is 0. The standard InChI is InChI=1S/C16H14O2/c17-15-9-1-2-10-16(15,18)13-8-4-6-11-5-3-7-12(15)14(11)13/h1-8,17-18H,9-10H2/t15-,16+. The first-order chi connectivity index (χ1) is 8.67. The summed E-state index contributed by atoms with van der Waals surface area (Å²) in [7, 11) is 0. The lowest BCUT2D eigenvalue weighted by Gasteiger charge is -2.41. The Bertz CT molecular complexity index is 634. The number of aliphatic hydroxyl groups is 2.